The maximum atomic E-state index is 12.2. The fourth-order valence-electron chi connectivity index (χ4n) is 1.83. The summed E-state index contributed by atoms with van der Waals surface area (Å²) < 4.78 is 0. The number of hydrogen-bond acceptors (Lipinski definition) is 4. The molecule has 0 saturated carbocycles. The van der Waals surface area contributed by atoms with Crippen molar-refractivity contribution in [1.82, 2.24) is 9.88 Å². The summed E-state index contributed by atoms with van der Waals surface area (Å²) in [5.41, 5.74) is 6.32. The molecule has 0 fully saturated rings. The zero-order valence-corrected chi connectivity index (χ0v) is 12.1. The SMILES string of the molecule is CCN(CC)C(=O)c1cc(NCCCC(N)=O)ccn1. The second kappa shape index (κ2) is 8.14. The summed E-state index contributed by atoms with van der Waals surface area (Å²) >= 11 is 0. The Bertz CT molecular complexity index is 458. The largest absolute Gasteiger partial charge is 0.385 e. The molecule has 1 rings (SSSR count). The van der Waals surface area contributed by atoms with Crippen molar-refractivity contribution in [2.24, 2.45) is 5.73 Å². The Morgan fingerprint density at radius 3 is 2.65 bits per heavy atom. The molecule has 1 heterocycles. The molecule has 0 aliphatic heterocycles. The number of nitrogens with zero attached hydrogens (tertiary/aromatic N) is 2. The van der Waals surface area contributed by atoms with Crippen LogP contribution in [0.4, 0.5) is 5.69 Å². The van der Waals surface area contributed by atoms with Gasteiger partial charge in [0.2, 0.25) is 5.91 Å². The Morgan fingerprint density at radius 2 is 2.05 bits per heavy atom. The Kier molecular flexibility index (Phi) is 6.49. The number of rotatable bonds is 8. The van der Waals surface area contributed by atoms with Crippen LogP contribution in [0.1, 0.15) is 37.2 Å². The minimum atomic E-state index is -0.307. The molecule has 2 amide bonds. The van der Waals surface area contributed by atoms with Gasteiger partial charge in [0, 0.05) is 37.9 Å². The van der Waals surface area contributed by atoms with Crippen molar-refractivity contribution in [3.63, 3.8) is 0 Å². The molecule has 0 radical (unpaired) electrons. The highest BCUT2D eigenvalue weighted by Gasteiger charge is 2.13. The van der Waals surface area contributed by atoms with Crippen LogP contribution in [-0.4, -0.2) is 41.3 Å². The van der Waals surface area contributed by atoms with Crippen LogP contribution in [0.3, 0.4) is 0 Å². The number of carbonyl (C=O) groups excluding carboxylic acids is 2. The van der Waals surface area contributed by atoms with E-state index in [0.717, 1.165) is 5.69 Å². The fraction of sp³-hybridized carbons (Fsp3) is 0.500. The highest BCUT2D eigenvalue weighted by atomic mass is 16.2. The number of nitrogens with one attached hydrogen (secondary N) is 1. The molecule has 0 unspecified atom stereocenters. The van der Waals surface area contributed by atoms with Gasteiger partial charge in [0.1, 0.15) is 5.69 Å². The van der Waals surface area contributed by atoms with Gasteiger partial charge in [-0.25, -0.2) is 0 Å². The van der Waals surface area contributed by atoms with Gasteiger partial charge in [0.25, 0.3) is 5.91 Å². The quantitative estimate of drug-likeness (QED) is 0.700. The van der Waals surface area contributed by atoms with E-state index in [1.165, 1.54) is 0 Å². The Labute approximate surface area is 119 Å². The van der Waals surface area contributed by atoms with E-state index in [1.54, 1.807) is 23.2 Å². The highest BCUT2D eigenvalue weighted by molar-refractivity contribution is 5.93. The molecule has 110 valence electrons. The summed E-state index contributed by atoms with van der Waals surface area (Å²) in [6.45, 7) is 5.83. The second-order valence-electron chi connectivity index (χ2n) is 4.40. The molecule has 20 heavy (non-hydrogen) atoms. The number of primary amides is 1. The van der Waals surface area contributed by atoms with Crippen molar-refractivity contribution < 1.29 is 9.59 Å². The van der Waals surface area contributed by atoms with Gasteiger partial charge in [-0.15, -0.1) is 0 Å². The van der Waals surface area contributed by atoms with E-state index in [-0.39, 0.29) is 11.8 Å². The van der Waals surface area contributed by atoms with Crippen molar-refractivity contribution >= 4 is 17.5 Å². The van der Waals surface area contributed by atoms with Crippen LogP contribution in [0.5, 0.6) is 0 Å². The molecule has 0 saturated heterocycles. The predicted octanol–water partition coefficient (Wildman–Crippen LogP) is 1.24. The van der Waals surface area contributed by atoms with Crippen molar-refractivity contribution in [2.75, 3.05) is 25.0 Å². The summed E-state index contributed by atoms with van der Waals surface area (Å²) in [7, 11) is 0. The lowest BCUT2D eigenvalue weighted by Crippen LogP contribution is -2.31. The van der Waals surface area contributed by atoms with E-state index in [0.29, 0.717) is 38.2 Å². The van der Waals surface area contributed by atoms with Crippen LogP contribution in [0.15, 0.2) is 18.3 Å². The zero-order valence-electron chi connectivity index (χ0n) is 12.1. The number of amides is 2. The topological polar surface area (TPSA) is 88.3 Å². The lowest BCUT2D eigenvalue weighted by molar-refractivity contribution is -0.118. The molecule has 0 bridgehead atoms. The maximum absolute atomic E-state index is 12.2. The Morgan fingerprint density at radius 1 is 1.35 bits per heavy atom. The molecule has 0 aliphatic carbocycles. The van der Waals surface area contributed by atoms with E-state index >= 15 is 0 Å². The molecule has 0 aromatic carbocycles. The summed E-state index contributed by atoms with van der Waals surface area (Å²) in [6, 6.07) is 3.52. The third kappa shape index (κ3) is 4.87. The van der Waals surface area contributed by atoms with Gasteiger partial charge in [-0.05, 0) is 32.4 Å². The number of hydrogen-bond donors (Lipinski definition) is 2. The molecule has 1 aromatic rings. The lowest BCUT2D eigenvalue weighted by Gasteiger charge is -2.18. The predicted molar refractivity (Wildman–Crippen MR) is 78.4 cm³/mol. The number of nitrogens with two attached hydrogens (primary N) is 1. The van der Waals surface area contributed by atoms with Gasteiger partial charge < -0.3 is 16.0 Å². The van der Waals surface area contributed by atoms with Crippen molar-refractivity contribution in [3.05, 3.63) is 24.0 Å². The average molecular weight is 278 g/mol. The first kappa shape index (κ1) is 15.9. The van der Waals surface area contributed by atoms with Crippen molar-refractivity contribution in [1.29, 1.82) is 0 Å². The van der Waals surface area contributed by atoms with Gasteiger partial charge in [-0.1, -0.05) is 0 Å². The van der Waals surface area contributed by atoms with Crippen molar-refractivity contribution in [3.8, 4) is 0 Å². The summed E-state index contributed by atoms with van der Waals surface area (Å²) in [4.78, 5) is 28.6. The number of aromatic nitrogens is 1. The Balaban J connectivity index is 2.61. The smallest absolute Gasteiger partial charge is 0.272 e. The van der Waals surface area contributed by atoms with E-state index in [1.807, 2.05) is 13.8 Å². The molecule has 0 atom stereocenters. The highest BCUT2D eigenvalue weighted by Crippen LogP contribution is 2.10. The van der Waals surface area contributed by atoms with Crippen LogP contribution in [0, 0.1) is 0 Å². The van der Waals surface area contributed by atoms with E-state index < -0.39 is 0 Å². The normalized spacial score (nSPS) is 10.1. The molecule has 3 N–H and O–H groups in total. The number of pyridine rings is 1. The van der Waals surface area contributed by atoms with E-state index in [2.05, 4.69) is 10.3 Å². The van der Waals surface area contributed by atoms with E-state index in [4.69, 9.17) is 5.73 Å². The van der Waals surface area contributed by atoms with Crippen LogP contribution in [0.25, 0.3) is 0 Å². The van der Waals surface area contributed by atoms with Gasteiger partial charge in [-0.2, -0.15) is 0 Å². The average Bonchev–Trinajstić information content (AvgIpc) is 2.45. The Hall–Kier alpha value is -2.11. The monoisotopic (exact) mass is 278 g/mol. The van der Waals surface area contributed by atoms with Crippen LogP contribution >= 0.6 is 0 Å². The maximum Gasteiger partial charge on any atom is 0.272 e. The third-order valence-electron chi connectivity index (χ3n) is 2.96. The van der Waals surface area contributed by atoms with Crippen molar-refractivity contribution in [2.45, 2.75) is 26.7 Å². The summed E-state index contributed by atoms with van der Waals surface area (Å²) in [5, 5.41) is 3.15. The first-order valence-electron chi connectivity index (χ1n) is 6.86. The fourth-order valence-corrected chi connectivity index (χ4v) is 1.83. The van der Waals surface area contributed by atoms with Crippen LogP contribution in [-0.2, 0) is 4.79 Å². The molecule has 1 aromatic heterocycles. The van der Waals surface area contributed by atoms with Gasteiger partial charge >= 0.3 is 0 Å². The van der Waals surface area contributed by atoms with Crippen LogP contribution in [0.2, 0.25) is 0 Å². The molecular formula is C14H22N4O2. The minimum absolute atomic E-state index is 0.0733. The molecule has 6 heteroatoms. The standard InChI is InChI=1S/C14H22N4O2/c1-3-18(4-2)14(20)12-10-11(7-9-17-12)16-8-5-6-13(15)19/h7,9-10H,3-6,8H2,1-2H3,(H2,15,19)(H,16,17). The summed E-state index contributed by atoms with van der Waals surface area (Å²) in [6.07, 6.45) is 2.62. The molecular weight excluding hydrogens is 256 g/mol. The van der Waals surface area contributed by atoms with Gasteiger partial charge in [0.05, 0.1) is 0 Å². The van der Waals surface area contributed by atoms with Crippen LogP contribution < -0.4 is 11.1 Å². The summed E-state index contributed by atoms with van der Waals surface area (Å²) in [5.74, 6) is -0.380. The first-order chi connectivity index (χ1) is 9.58. The number of anilines is 1. The third-order valence-corrected chi connectivity index (χ3v) is 2.96. The molecule has 0 aliphatic rings. The second-order valence-corrected chi connectivity index (χ2v) is 4.40. The number of carbonyl (C=O) groups is 2. The molecule has 0 spiro atoms. The first-order valence-corrected chi connectivity index (χ1v) is 6.86. The lowest BCUT2D eigenvalue weighted by atomic mass is 10.2. The molecule has 6 nitrogen and oxygen atoms in total. The van der Waals surface area contributed by atoms with Gasteiger partial charge in [0.15, 0.2) is 0 Å². The minimum Gasteiger partial charge on any atom is -0.385 e. The zero-order chi connectivity index (χ0) is 15.0. The van der Waals surface area contributed by atoms with Gasteiger partial charge in [-0.3, -0.25) is 14.6 Å². The van der Waals surface area contributed by atoms with E-state index in [9.17, 15) is 9.59 Å².